The first kappa shape index (κ1) is 50.1. The molecule has 0 fully saturated rings. The molecule has 0 unspecified atom stereocenters. The van der Waals surface area contributed by atoms with Crippen molar-refractivity contribution in [3.8, 4) is 23.0 Å². The summed E-state index contributed by atoms with van der Waals surface area (Å²) in [5, 5.41) is 35.9. The third-order valence-corrected chi connectivity index (χ3v) is 16.5. The second-order valence-corrected chi connectivity index (χ2v) is 22.5. The van der Waals surface area contributed by atoms with Gasteiger partial charge in [0.2, 0.25) is 0 Å². The summed E-state index contributed by atoms with van der Waals surface area (Å²) in [5.41, 5.74) is 7.39. The molecule has 2 aromatic rings. The van der Waals surface area contributed by atoms with Crippen LogP contribution in [0.2, 0.25) is 15.8 Å². The molecule has 7 heteroatoms. The molecule has 1 aliphatic heterocycles. The molecule has 5 rings (SSSR count). The molecule has 56 heavy (non-hydrogen) atoms. The van der Waals surface area contributed by atoms with Crippen LogP contribution in [-0.4, -0.2) is 40.4 Å². The average Bonchev–Trinajstić information content (AvgIpc) is 3.07. The number of hydrogen-bond donors (Lipinski definition) is 3. The summed E-state index contributed by atoms with van der Waals surface area (Å²) < 4.78 is 6.26. The summed E-state index contributed by atoms with van der Waals surface area (Å²) in [6, 6.07) is 7.53. The summed E-state index contributed by atoms with van der Waals surface area (Å²) in [5.74, 6) is 5.47. The average molecular weight is 828 g/mol. The highest BCUT2D eigenvalue weighted by atomic mass is 35.5. The van der Waals surface area contributed by atoms with E-state index in [-0.39, 0.29) is 40.2 Å². The monoisotopic (exact) mass is 827 g/mol. The summed E-state index contributed by atoms with van der Waals surface area (Å²) in [4.78, 5) is 0. The summed E-state index contributed by atoms with van der Waals surface area (Å²) >= 11 is 9.12. The lowest BCUT2D eigenvalue weighted by Crippen LogP contribution is -2.45. The van der Waals surface area contributed by atoms with Crippen molar-refractivity contribution < 1.29 is 20.1 Å². The van der Waals surface area contributed by atoms with E-state index in [0.29, 0.717) is 17.2 Å². The van der Waals surface area contributed by atoms with Crippen LogP contribution in [0.15, 0.2) is 59.7 Å². The molecule has 0 saturated carbocycles. The molecule has 0 spiro atoms. The molecule has 1 heterocycles. The Hall–Kier alpha value is -2.03. The summed E-state index contributed by atoms with van der Waals surface area (Å²) in [6.45, 7) is 33.1. The van der Waals surface area contributed by atoms with Crippen molar-refractivity contribution >= 4 is 37.4 Å². The van der Waals surface area contributed by atoms with Gasteiger partial charge in [-0.3, -0.25) is 0 Å². The Morgan fingerprint density at radius 3 is 1.59 bits per heavy atom. The zero-order valence-corrected chi connectivity index (χ0v) is 40.0. The van der Waals surface area contributed by atoms with Crippen molar-refractivity contribution in [3.63, 3.8) is 0 Å². The fraction of sp³-hybridized carbons (Fsp3) is 0.633. The molecule has 3 N–H and O–H groups in total. The standard InChI is InChI=1S/2C18H24O2.3C4H9.CH2Cl2.Al/c1-5-12-9-15(19)17-13-8-11(2)6-7-14(13)18(3,4)20-16(17)10-12;1-5-13-9-16(19)18(17(20)10-13)15-8-12(4)6-7-14(15)11(2)3;3*1-4(2)3;2-1-3;/h8-10,13-14,19H,5-7H2,1-4H3;8-10,14-15,19-20H,2,5-7H2,1,3-4H3;3*4H,1H2,2-3H3;1H2;/t13-,14-;14-,15+;;;;;/m10...../s1. The number of phenolic OH excluding ortho intramolecular Hbond substituents is 3. The van der Waals surface area contributed by atoms with E-state index in [4.69, 9.17) is 27.9 Å². The number of rotatable bonds is 10. The van der Waals surface area contributed by atoms with E-state index < -0.39 is 14.1 Å². The Morgan fingerprint density at radius 1 is 0.750 bits per heavy atom. The van der Waals surface area contributed by atoms with E-state index in [1.165, 1.54) is 11.1 Å². The molecule has 4 nitrogen and oxygen atoms in total. The second kappa shape index (κ2) is 23.5. The fourth-order valence-electron chi connectivity index (χ4n) is 9.20. The molecular weight excluding hydrogens is 750 g/mol. The molecule has 2 aromatic carbocycles. The van der Waals surface area contributed by atoms with Crippen LogP contribution in [0.3, 0.4) is 0 Å². The zero-order chi connectivity index (χ0) is 42.5. The minimum Gasteiger partial charge on any atom is -0.507 e. The Balaban J connectivity index is 0.000000287. The minimum absolute atomic E-state index is 0.0205. The number of phenols is 3. The van der Waals surface area contributed by atoms with Gasteiger partial charge in [-0.05, 0) is 114 Å². The molecule has 0 aromatic heterocycles. The van der Waals surface area contributed by atoms with Crippen LogP contribution < -0.4 is 4.74 Å². The third-order valence-electron chi connectivity index (χ3n) is 11.7. The van der Waals surface area contributed by atoms with Gasteiger partial charge >= 0.3 is 0 Å². The molecule has 0 amide bonds. The maximum absolute atomic E-state index is 10.5. The normalized spacial score (nSPS) is 20.8. The topological polar surface area (TPSA) is 69.9 Å². The van der Waals surface area contributed by atoms with Crippen molar-refractivity contribution in [3.05, 3.63) is 82.0 Å². The van der Waals surface area contributed by atoms with Gasteiger partial charge in [-0.15, -0.1) is 23.2 Å². The van der Waals surface area contributed by atoms with Gasteiger partial charge in [0.25, 0.3) is 14.1 Å². The van der Waals surface area contributed by atoms with Gasteiger partial charge in [0, 0.05) is 28.9 Å². The molecule has 0 bridgehead atoms. The minimum atomic E-state index is -0.407. The first-order valence-corrected chi connectivity index (χ1v) is 24.9. The SMILES string of the molecule is C=C(C)[C@@H]1CCC(C)=C[C@H]1c1c(O)cc(CC)cc1O.CC(C)[CH2][Al]([CH2]C(C)C)[CH2]C(C)C.CCc1cc(O)c2c(c1)OC(C)(C)[C@@H]1CCC(C)=C[C@@H]21.ClCCl. The van der Waals surface area contributed by atoms with E-state index in [2.05, 4.69) is 101 Å². The van der Waals surface area contributed by atoms with Gasteiger partial charge in [-0.2, -0.15) is 0 Å². The maximum atomic E-state index is 10.5. The van der Waals surface area contributed by atoms with Gasteiger partial charge in [-0.25, -0.2) is 0 Å². The first-order chi connectivity index (χ1) is 26.2. The number of benzene rings is 2. The van der Waals surface area contributed by atoms with Gasteiger partial charge in [-0.1, -0.05) is 124 Å². The number of fused-ring (bicyclic) bond motifs is 3. The predicted molar refractivity (Wildman–Crippen MR) is 246 cm³/mol. The summed E-state index contributed by atoms with van der Waals surface area (Å²) in [6.07, 6.45) is 10.6. The lowest BCUT2D eigenvalue weighted by atomic mass is 9.68. The van der Waals surface area contributed by atoms with Crippen LogP contribution in [0.4, 0.5) is 0 Å². The summed E-state index contributed by atoms with van der Waals surface area (Å²) in [7, 11) is 0. The van der Waals surface area contributed by atoms with Gasteiger partial charge in [0.1, 0.15) is 28.6 Å². The van der Waals surface area contributed by atoms with E-state index in [1.807, 2.05) is 19.9 Å². The highest BCUT2D eigenvalue weighted by Gasteiger charge is 2.45. The van der Waals surface area contributed by atoms with Gasteiger partial charge in [0.05, 0.1) is 5.34 Å². The van der Waals surface area contributed by atoms with E-state index in [1.54, 1.807) is 28.0 Å². The molecular formula is C49H77AlCl2O4. The van der Waals surface area contributed by atoms with Crippen LogP contribution >= 0.6 is 23.2 Å². The molecule has 0 saturated heterocycles. The smallest absolute Gasteiger partial charge is 0.262 e. The van der Waals surface area contributed by atoms with Gasteiger partial charge < -0.3 is 20.1 Å². The quantitative estimate of drug-likeness (QED) is 0.127. The Morgan fingerprint density at radius 2 is 1.16 bits per heavy atom. The molecule has 2 aliphatic carbocycles. The Labute approximate surface area is 357 Å². The van der Waals surface area contributed by atoms with Crippen LogP contribution in [0.5, 0.6) is 23.0 Å². The molecule has 4 atom stereocenters. The fourth-order valence-corrected chi connectivity index (χ4v) is 13.8. The third kappa shape index (κ3) is 15.0. The van der Waals surface area contributed by atoms with Crippen molar-refractivity contribution in [2.75, 3.05) is 5.34 Å². The van der Waals surface area contributed by atoms with Crippen LogP contribution in [0, 0.1) is 29.6 Å². The molecule has 0 radical (unpaired) electrons. The largest absolute Gasteiger partial charge is 0.507 e. The lowest BCUT2D eigenvalue weighted by Gasteiger charge is -2.46. The first-order valence-electron chi connectivity index (χ1n) is 21.4. The second-order valence-electron chi connectivity index (χ2n) is 18.6. The van der Waals surface area contributed by atoms with Gasteiger partial charge in [0.15, 0.2) is 0 Å². The van der Waals surface area contributed by atoms with E-state index in [0.717, 1.165) is 84.3 Å². The number of ether oxygens (including phenoxy) is 1. The predicted octanol–water partition coefficient (Wildman–Crippen LogP) is 15.1. The molecule has 314 valence electrons. The number of allylic oxidation sites excluding steroid dienone is 5. The van der Waals surface area contributed by atoms with Crippen molar-refractivity contribution in [1.29, 1.82) is 0 Å². The van der Waals surface area contributed by atoms with Crippen LogP contribution in [-0.2, 0) is 12.8 Å². The number of halogens is 2. The van der Waals surface area contributed by atoms with Crippen molar-refractivity contribution in [2.45, 2.75) is 162 Å². The number of alkyl halides is 2. The van der Waals surface area contributed by atoms with Crippen molar-refractivity contribution in [2.24, 2.45) is 29.6 Å². The van der Waals surface area contributed by atoms with Crippen molar-refractivity contribution in [1.82, 2.24) is 0 Å². The zero-order valence-electron chi connectivity index (χ0n) is 37.4. The van der Waals surface area contributed by atoms with Crippen LogP contribution in [0.25, 0.3) is 0 Å². The number of aryl methyl sites for hydroxylation is 2. The Bertz CT molecular complexity index is 1560. The van der Waals surface area contributed by atoms with E-state index in [9.17, 15) is 15.3 Å². The van der Waals surface area contributed by atoms with Crippen LogP contribution in [0.1, 0.15) is 150 Å². The number of hydrogen-bond acceptors (Lipinski definition) is 4. The lowest BCUT2D eigenvalue weighted by molar-refractivity contribution is 0.0107. The van der Waals surface area contributed by atoms with E-state index >= 15 is 0 Å². The maximum Gasteiger partial charge on any atom is 0.262 e. The highest BCUT2D eigenvalue weighted by molar-refractivity contribution is 6.58. The number of aromatic hydroxyl groups is 3. The Kier molecular flexibility index (Phi) is 21.1. The highest BCUT2D eigenvalue weighted by Crippen LogP contribution is 2.53. The molecule has 3 aliphatic rings.